The zero-order valence-electron chi connectivity index (χ0n) is 12.7. The summed E-state index contributed by atoms with van der Waals surface area (Å²) in [5.41, 5.74) is 0.930. The molecule has 120 valence electrons. The number of β-lactam (4-membered cyclic amide) rings is 1. The number of thioether (sulfide) groups is 1. The molecule has 3 atom stereocenters. The van der Waals surface area contributed by atoms with E-state index in [0.717, 1.165) is 25.0 Å². The minimum absolute atomic E-state index is 0.0123. The number of amides is 1. The van der Waals surface area contributed by atoms with Crippen LogP contribution in [-0.2, 0) is 22.6 Å². The third-order valence-corrected chi connectivity index (χ3v) is 5.85. The molecule has 0 spiro atoms. The number of hydrogen-bond acceptors (Lipinski definition) is 5. The Morgan fingerprint density at radius 3 is 3.00 bits per heavy atom. The highest BCUT2D eigenvalue weighted by Gasteiger charge is 2.60. The normalized spacial score (nSPS) is 30.3. The fourth-order valence-electron chi connectivity index (χ4n) is 3.19. The van der Waals surface area contributed by atoms with Crippen molar-refractivity contribution in [3.05, 3.63) is 11.9 Å². The van der Waals surface area contributed by atoms with E-state index in [1.54, 1.807) is 16.4 Å². The van der Waals surface area contributed by atoms with Crippen molar-refractivity contribution in [1.29, 1.82) is 0 Å². The van der Waals surface area contributed by atoms with E-state index >= 15 is 0 Å². The molecule has 0 aliphatic carbocycles. The van der Waals surface area contributed by atoms with Crippen molar-refractivity contribution in [3.63, 3.8) is 0 Å². The quantitative estimate of drug-likeness (QED) is 0.789. The summed E-state index contributed by atoms with van der Waals surface area (Å²) in [7, 11) is 0. The van der Waals surface area contributed by atoms with Gasteiger partial charge in [0.15, 0.2) is 0 Å². The molecule has 0 unspecified atom stereocenters. The van der Waals surface area contributed by atoms with Crippen molar-refractivity contribution in [2.24, 2.45) is 0 Å². The molecule has 0 bridgehead atoms. The van der Waals surface area contributed by atoms with Crippen LogP contribution >= 0.6 is 11.8 Å². The molecule has 7 nitrogen and oxygen atoms in total. The first-order valence-corrected chi connectivity index (χ1v) is 8.43. The van der Waals surface area contributed by atoms with Crippen molar-refractivity contribution in [2.75, 3.05) is 0 Å². The Hall–Kier alpha value is -1.57. The zero-order chi connectivity index (χ0) is 15.9. The maximum atomic E-state index is 11.7. The summed E-state index contributed by atoms with van der Waals surface area (Å²) in [5.74, 6) is -1.02. The Balaban J connectivity index is 1.76. The summed E-state index contributed by atoms with van der Waals surface area (Å²) in [5, 5.41) is 17.8. The summed E-state index contributed by atoms with van der Waals surface area (Å²) >= 11 is 1.56. The maximum Gasteiger partial charge on any atom is 0.327 e. The van der Waals surface area contributed by atoms with Crippen LogP contribution in [0.4, 0.5) is 0 Å². The smallest absolute Gasteiger partial charge is 0.327 e. The molecule has 1 amide bonds. The van der Waals surface area contributed by atoms with E-state index in [1.165, 1.54) is 4.90 Å². The average Bonchev–Trinajstić information content (AvgIpc) is 2.97. The molecule has 2 aliphatic rings. The lowest BCUT2D eigenvalue weighted by Crippen LogP contribution is -2.58. The molecule has 0 radical (unpaired) electrons. The van der Waals surface area contributed by atoms with Crippen LogP contribution in [0.15, 0.2) is 6.20 Å². The second-order valence-corrected chi connectivity index (χ2v) is 7.85. The zero-order valence-corrected chi connectivity index (χ0v) is 13.5. The van der Waals surface area contributed by atoms with E-state index in [4.69, 9.17) is 0 Å². The van der Waals surface area contributed by atoms with E-state index in [9.17, 15) is 14.7 Å². The van der Waals surface area contributed by atoms with E-state index in [2.05, 4.69) is 17.2 Å². The highest BCUT2D eigenvalue weighted by atomic mass is 32.2. The summed E-state index contributed by atoms with van der Waals surface area (Å²) in [6.45, 7) is 4.46. The first kappa shape index (κ1) is 15.3. The number of carbonyl (C=O) groups excluding carboxylic acids is 1. The van der Waals surface area contributed by atoms with Crippen LogP contribution in [0.25, 0.3) is 0 Å². The van der Waals surface area contributed by atoms with E-state index < -0.39 is 16.8 Å². The number of carbonyl (C=O) groups is 2. The minimum Gasteiger partial charge on any atom is -0.480 e. The third-order valence-electron chi connectivity index (χ3n) is 4.29. The fraction of sp³-hybridized carbons (Fsp3) is 0.714. The van der Waals surface area contributed by atoms with Gasteiger partial charge in [-0.15, -0.1) is 16.9 Å². The second kappa shape index (κ2) is 5.57. The van der Waals surface area contributed by atoms with Crippen molar-refractivity contribution in [1.82, 2.24) is 19.9 Å². The number of nitrogens with zero attached hydrogens (tertiary/aromatic N) is 4. The number of aryl methyl sites for hydroxylation is 1. The molecule has 2 fully saturated rings. The molecule has 8 heteroatoms. The number of unbranched alkanes of at least 4 members (excludes halogenated alkanes) is 1. The van der Waals surface area contributed by atoms with Gasteiger partial charge in [0, 0.05) is 6.20 Å². The van der Waals surface area contributed by atoms with Crippen molar-refractivity contribution in [3.8, 4) is 0 Å². The van der Waals surface area contributed by atoms with Crippen molar-refractivity contribution >= 4 is 23.6 Å². The van der Waals surface area contributed by atoms with Gasteiger partial charge in [-0.25, -0.2) is 4.79 Å². The van der Waals surface area contributed by atoms with Gasteiger partial charge in [-0.05, 0) is 19.8 Å². The molecule has 1 N–H and O–H groups in total. The Bertz CT molecular complexity index is 605. The molecule has 1 aromatic rings. The summed E-state index contributed by atoms with van der Waals surface area (Å²) in [6.07, 6.45) is 5.37. The molecule has 0 aromatic carbocycles. The molecule has 0 saturated carbocycles. The van der Waals surface area contributed by atoms with E-state index in [1.807, 2.05) is 13.1 Å². The lowest BCUT2D eigenvalue weighted by Gasteiger charge is -2.36. The summed E-state index contributed by atoms with van der Waals surface area (Å²) in [4.78, 5) is 24.8. The van der Waals surface area contributed by atoms with E-state index in [0.29, 0.717) is 13.0 Å². The number of fused-ring (bicyclic) bond motifs is 1. The van der Waals surface area contributed by atoms with Gasteiger partial charge in [0.2, 0.25) is 5.91 Å². The maximum absolute atomic E-state index is 11.7. The average molecular weight is 324 g/mol. The number of hydrogen-bond donors (Lipinski definition) is 1. The van der Waals surface area contributed by atoms with Gasteiger partial charge in [0.05, 0.1) is 28.8 Å². The van der Waals surface area contributed by atoms with Gasteiger partial charge in [0.25, 0.3) is 0 Å². The fourth-order valence-corrected chi connectivity index (χ4v) is 4.94. The lowest BCUT2D eigenvalue weighted by atomic mass is 9.96. The second-order valence-electron chi connectivity index (χ2n) is 6.14. The van der Waals surface area contributed by atoms with Crippen LogP contribution in [0, 0.1) is 0 Å². The van der Waals surface area contributed by atoms with Crippen LogP contribution in [0.1, 0.15) is 38.8 Å². The predicted molar refractivity (Wildman–Crippen MR) is 81.3 cm³/mol. The lowest BCUT2D eigenvalue weighted by molar-refractivity contribution is -0.157. The van der Waals surface area contributed by atoms with Gasteiger partial charge in [-0.3, -0.25) is 9.48 Å². The number of carboxylic acids is 1. The molecule has 2 saturated heterocycles. The molecule has 1 aromatic heterocycles. The van der Waals surface area contributed by atoms with E-state index in [-0.39, 0.29) is 11.3 Å². The first-order chi connectivity index (χ1) is 10.4. The topological polar surface area (TPSA) is 88.3 Å². The van der Waals surface area contributed by atoms with Crippen LogP contribution in [0.2, 0.25) is 0 Å². The van der Waals surface area contributed by atoms with Gasteiger partial charge >= 0.3 is 5.97 Å². The van der Waals surface area contributed by atoms with Crippen LogP contribution < -0.4 is 0 Å². The van der Waals surface area contributed by atoms with Crippen LogP contribution in [-0.4, -0.2) is 53.0 Å². The molecule has 22 heavy (non-hydrogen) atoms. The standard InChI is InChI=1S/C14H20N4O3S/c1-3-4-5-9-7-17(16-15-9)8-14(2)12(13(20)21)18-10(19)6-11(18)22-14/h7,11-12H,3-6,8H2,1-2H3,(H,20,21)/t11-,12+,14+/m1/s1. The van der Waals surface area contributed by atoms with Gasteiger partial charge in [-0.1, -0.05) is 18.6 Å². The van der Waals surface area contributed by atoms with Gasteiger partial charge < -0.3 is 10.0 Å². The SMILES string of the molecule is CCCCc1cn(C[C@]2(C)S[C@@H]3CC(=O)N3[C@H]2C(=O)O)nn1. The van der Waals surface area contributed by atoms with Gasteiger partial charge in [-0.2, -0.15) is 0 Å². The molecule has 2 aliphatic heterocycles. The number of carboxylic acid groups (broad SMARTS) is 1. The van der Waals surface area contributed by atoms with Crippen LogP contribution in [0.5, 0.6) is 0 Å². The summed E-state index contributed by atoms with van der Waals surface area (Å²) in [6, 6.07) is -0.799. The Labute approximate surface area is 133 Å². The largest absolute Gasteiger partial charge is 0.480 e. The van der Waals surface area contributed by atoms with Crippen LogP contribution in [0.3, 0.4) is 0 Å². The minimum atomic E-state index is -0.947. The van der Waals surface area contributed by atoms with Gasteiger partial charge in [0.1, 0.15) is 6.04 Å². The Morgan fingerprint density at radius 1 is 1.59 bits per heavy atom. The first-order valence-electron chi connectivity index (χ1n) is 7.55. The number of aliphatic carboxylic acids is 1. The predicted octanol–water partition coefficient (Wildman–Crippen LogP) is 1.14. The molecular formula is C14H20N4O3S. The molecule has 3 rings (SSSR count). The number of aromatic nitrogens is 3. The highest BCUT2D eigenvalue weighted by Crippen LogP contribution is 2.51. The Morgan fingerprint density at radius 2 is 2.36 bits per heavy atom. The third kappa shape index (κ3) is 2.49. The number of rotatable bonds is 6. The van der Waals surface area contributed by atoms with Crippen molar-refractivity contribution < 1.29 is 14.7 Å². The Kier molecular flexibility index (Phi) is 3.88. The highest BCUT2D eigenvalue weighted by molar-refractivity contribution is 8.01. The summed E-state index contributed by atoms with van der Waals surface area (Å²) < 4.78 is 1.13. The van der Waals surface area contributed by atoms with Crippen molar-refractivity contribution in [2.45, 2.75) is 62.2 Å². The monoisotopic (exact) mass is 324 g/mol. The molecule has 3 heterocycles. The molecular weight excluding hydrogens is 304 g/mol.